The van der Waals surface area contributed by atoms with Crippen LogP contribution in [0.5, 0.6) is 0 Å². The van der Waals surface area contributed by atoms with Crippen LogP contribution >= 0.6 is 0 Å². The minimum atomic E-state index is -0.572. The van der Waals surface area contributed by atoms with Gasteiger partial charge in [0.15, 0.2) is 0 Å². The van der Waals surface area contributed by atoms with E-state index >= 15 is 0 Å². The van der Waals surface area contributed by atoms with Gasteiger partial charge >= 0.3 is 0 Å². The molecule has 0 aliphatic rings. The van der Waals surface area contributed by atoms with Gasteiger partial charge in [-0.05, 0) is 32.0 Å². The number of carbonyl (C=O) groups is 2. The number of benzene rings is 1. The molecule has 1 aromatic carbocycles. The van der Waals surface area contributed by atoms with Crippen LogP contribution in [0.15, 0.2) is 18.2 Å². The maximum Gasteiger partial charge on any atom is 0.254 e. The molecule has 2 amide bonds. The number of halogens is 1. The van der Waals surface area contributed by atoms with Crippen molar-refractivity contribution < 1.29 is 14.0 Å². The number of rotatable bonds is 5. The van der Waals surface area contributed by atoms with Crippen molar-refractivity contribution in [2.75, 3.05) is 32.4 Å². The van der Waals surface area contributed by atoms with Crippen molar-refractivity contribution in [3.63, 3.8) is 0 Å². The molecule has 1 rings (SSSR count). The highest BCUT2D eigenvalue weighted by molar-refractivity contribution is 5.97. The van der Waals surface area contributed by atoms with Gasteiger partial charge in [-0.2, -0.15) is 0 Å². The lowest BCUT2D eigenvalue weighted by Crippen LogP contribution is -2.41. The molecule has 20 heavy (non-hydrogen) atoms. The summed E-state index contributed by atoms with van der Waals surface area (Å²) in [5.74, 6) is -1.15. The maximum absolute atomic E-state index is 13.2. The molecule has 110 valence electrons. The van der Waals surface area contributed by atoms with Gasteiger partial charge in [0.1, 0.15) is 5.82 Å². The summed E-state index contributed by atoms with van der Waals surface area (Å²) >= 11 is 0. The number of anilines is 1. The standard InChI is InChI=1S/C14H20FN3O2/c1-4-18(5-2)13(19)9-17(3)14(20)10-6-11(15)8-12(16)7-10/h6-8H,4-5,9,16H2,1-3H3. The van der Waals surface area contributed by atoms with E-state index < -0.39 is 11.7 Å². The topological polar surface area (TPSA) is 66.6 Å². The highest BCUT2D eigenvalue weighted by atomic mass is 19.1. The zero-order chi connectivity index (χ0) is 15.3. The summed E-state index contributed by atoms with van der Waals surface area (Å²) < 4.78 is 13.2. The fourth-order valence-electron chi connectivity index (χ4n) is 1.91. The molecule has 0 radical (unpaired) electrons. The first kappa shape index (κ1) is 15.9. The van der Waals surface area contributed by atoms with Crippen LogP contribution in [0.4, 0.5) is 10.1 Å². The van der Waals surface area contributed by atoms with Crippen molar-refractivity contribution in [2.45, 2.75) is 13.8 Å². The Morgan fingerprint density at radius 1 is 1.20 bits per heavy atom. The first-order valence-electron chi connectivity index (χ1n) is 6.48. The highest BCUT2D eigenvalue weighted by Crippen LogP contribution is 2.12. The van der Waals surface area contributed by atoms with Crippen molar-refractivity contribution in [1.82, 2.24) is 9.80 Å². The van der Waals surface area contributed by atoms with Crippen LogP contribution in [-0.2, 0) is 4.79 Å². The Morgan fingerprint density at radius 3 is 2.30 bits per heavy atom. The van der Waals surface area contributed by atoms with Crippen LogP contribution in [0, 0.1) is 5.82 Å². The van der Waals surface area contributed by atoms with Gasteiger partial charge in [-0.15, -0.1) is 0 Å². The molecule has 0 aliphatic heterocycles. The first-order valence-corrected chi connectivity index (χ1v) is 6.48. The number of amides is 2. The Balaban J connectivity index is 2.79. The maximum atomic E-state index is 13.2. The minimum absolute atomic E-state index is 0.0447. The third-order valence-corrected chi connectivity index (χ3v) is 3.00. The van der Waals surface area contributed by atoms with E-state index in [2.05, 4.69) is 0 Å². The van der Waals surface area contributed by atoms with Crippen LogP contribution in [0.25, 0.3) is 0 Å². The van der Waals surface area contributed by atoms with Crippen LogP contribution < -0.4 is 5.73 Å². The predicted molar refractivity (Wildman–Crippen MR) is 75.7 cm³/mol. The second-order valence-electron chi connectivity index (χ2n) is 4.50. The largest absolute Gasteiger partial charge is 0.399 e. The second kappa shape index (κ2) is 6.88. The van der Waals surface area contributed by atoms with Gasteiger partial charge in [0.25, 0.3) is 5.91 Å². The monoisotopic (exact) mass is 281 g/mol. The molecule has 0 bridgehead atoms. The summed E-state index contributed by atoms with van der Waals surface area (Å²) in [5, 5.41) is 0. The molecule has 2 N–H and O–H groups in total. The van der Waals surface area contributed by atoms with E-state index in [-0.39, 0.29) is 23.7 Å². The molecule has 0 spiro atoms. The van der Waals surface area contributed by atoms with Gasteiger partial charge in [-0.25, -0.2) is 4.39 Å². The normalized spacial score (nSPS) is 10.2. The second-order valence-corrected chi connectivity index (χ2v) is 4.50. The Labute approximate surface area is 118 Å². The summed E-state index contributed by atoms with van der Waals surface area (Å²) in [6.07, 6.45) is 0. The summed E-state index contributed by atoms with van der Waals surface area (Å²) in [5.41, 5.74) is 5.82. The number of nitrogen functional groups attached to an aromatic ring is 1. The van der Waals surface area contributed by atoms with Gasteiger partial charge in [-0.1, -0.05) is 0 Å². The smallest absolute Gasteiger partial charge is 0.254 e. The van der Waals surface area contributed by atoms with E-state index in [4.69, 9.17) is 5.73 Å². The Kier molecular flexibility index (Phi) is 5.49. The van der Waals surface area contributed by atoms with Crippen LogP contribution in [0.3, 0.4) is 0 Å². The summed E-state index contributed by atoms with van der Waals surface area (Å²) in [6, 6.07) is 3.64. The van der Waals surface area contributed by atoms with E-state index in [1.165, 1.54) is 18.0 Å². The van der Waals surface area contributed by atoms with Crippen molar-refractivity contribution >= 4 is 17.5 Å². The SMILES string of the molecule is CCN(CC)C(=O)CN(C)C(=O)c1cc(N)cc(F)c1. The number of hydrogen-bond donors (Lipinski definition) is 1. The van der Waals surface area contributed by atoms with Crippen LogP contribution in [0.2, 0.25) is 0 Å². The van der Waals surface area contributed by atoms with Crippen molar-refractivity contribution in [3.8, 4) is 0 Å². The van der Waals surface area contributed by atoms with Gasteiger partial charge in [-0.3, -0.25) is 9.59 Å². The zero-order valence-electron chi connectivity index (χ0n) is 12.0. The quantitative estimate of drug-likeness (QED) is 0.828. The molecule has 0 atom stereocenters. The number of hydrogen-bond acceptors (Lipinski definition) is 3. The van der Waals surface area contributed by atoms with E-state index in [9.17, 15) is 14.0 Å². The number of likely N-dealkylation sites (N-methyl/N-ethyl adjacent to an activating group) is 2. The molecule has 0 saturated carbocycles. The lowest BCUT2D eigenvalue weighted by atomic mass is 10.1. The van der Waals surface area contributed by atoms with Crippen LogP contribution in [0.1, 0.15) is 24.2 Å². The molecule has 0 saturated heterocycles. The molecule has 5 nitrogen and oxygen atoms in total. The number of nitrogens with two attached hydrogens (primary N) is 1. The number of carbonyl (C=O) groups excluding carboxylic acids is 2. The molecule has 0 aliphatic carbocycles. The van der Waals surface area contributed by atoms with Crippen LogP contribution in [-0.4, -0.2) is 48.3 Å². The summed E-state index contributed by atoms with van der Waals surface area (Å²) in [7, 11) is 1.50. The summed E-state index contributed by atoms with van der Waals surface area (Å²) in [6.45, 7) is 4.87. The van der Waals surface area contributed by atoms with E-state index in [0.717, 1.165) is 12.1 Å². The van der Waals surface area contributed by atoms with E-state index in [1.807, 2.05) is 13.8 Å². The first-order chi connectivity index (χ1) is 9.38. The van der Waals surface area contributed by atoms with Gasteiger partial charge in [0.2, 0.25) is 5.91 Å². The lowest BCUT2D eigenvalue weighted by molar-refractivity contribution is -0.131. The molecule has 0 unspecified atom stereocenters. The molecule has 0 aromatic heterocycles. The third-order valence-electron chi connectivity index (χ3n) is 3.00. The van der Waals surface area contributed by atoms with Crippen molar-refractivity contribution in [2.24, 2.45) is 0 Å². The minimum Gasteiger partial charge on any atom is -0.399 e. The van der Waals surface area contributed by atoms with Gasteiger partial charge in [0, 0.05) is 31.4 Å². The molecule has 0 heterocycles. The van der Waals surface area contributed by atoms with E-state index in [0.29, 0.717) is 13.1 Å². The van der Waals surface area contributed by atoms with Gasteiger partial charge < -0.3 is 15.5 Å². The predicted octanol–water partition coefficient (Wildman–Crippen LogP) is 1.35. The van der Waals surface area contributed by atoms with Crippen molar-refractivity contribution in [3.05, 3.63) is 29.6 Å². The molecular formula is C14H20FN3O2. The van der Waals surface area contributed by atoms with Gasteiger partial charge in [0.05, 0.1) is 6.54 Å². The Hall–Kier alpha value is -2.11. The molecule has 1 aromatic rings. The molecular weight excluding hydrogens is 261 g/mol. The third kappa shape index (κ3) is 3.94. The Morgan fingerprint density at radius 2 is 1.80 bits per heavy atom. The fraction of sp³-hybridized carbons (Fsp3) is 0.429. The fourth-order valence-corrected chi connectivity index (χ4v) is 1.91. The zero-order valence-corrected chi connectivity index (χ0v) is 12.0. The average molecular weight is 281 g/mol. The average Bonchev–Trinajstić information content (AvgIpc) is 2.37. The molecule has 0 fully saturated rings. The number of nitrogens with zero attached hydrogens (tertiary/aromatic N) is 2. The highest BCUT2D eigenvalue weighted by Gasteiger charge is 2.18. The van der Waals surface area contributed by atoms with Crippen molar-refractivity contribution in [1.29, 1.82) is 0 Å². The molecule has 6 heteroatoms. The van der Waals surface area contributed by atoms with E-state index in [1.54, 1.807) is 4.90 Å². The summed E-state index contributed by atoms with van der Waals surface area (Å²) in [4.78, 5) is 26.9. The Bertz CT molecular complexity index is 481. The lowest BCUT2D eigenvalue weighted by Gasteiger charge is -2.23.